The van der Waals surface area contributed by atoms with Crippen molar-refractivity contribution in [1.82, 2.24) is 0 Å². The second-order valence-electron chi connectivity index (χ2n) is 1.89. The third kappa shape index (κ3) is 4.26. The molecule has 0 radical (unpaired) electrons. The number of carboxylic acid groups (broad SMARTS) is 1. The van der Waals surface area contributed by atoms with Gasteiger partial charge in [0, 0.05) is 13.8 Å². The van der Waals surface area contributed by atoms with Crippen molar-refractivity contribution in [3.63, 3.8) is 0 Å². The zero-order valence-electron chi connectivity index (χ0n) is 6.57. The Kier molecular flexibility index (Phi) is 3.75. The van der Waals surface area contributed by atoms with Gasteiger partial charge in [0.15, 0.2) is 0 Å². The first kappa shape index (κ1) is 10.4. The molecule has 0 aliphatic rings. The van der Waals surface area contributed by atoms with E-state index in [4.69, 9.17) is 5.11 Å². The minimum Gasteiger partial charge on any atom is -0.476 e. The van der Waals surface area contributed by atoms with Gasteiger partial charge in [-0.3, -0.25) is 9.59 Å². The Morgan fingerprint density at radius 3 is 1.58 bits per heavy atom. The van der Waals surface area contributed by atoms with Crippen LogP contribution in [0.5, 0.6) is 0 Å². The smallest absolute Gasteiger partial charge is 0.387 e. The molecule has 0 atom stereocenters. The van der Waals surface area contributed by atoms with Crippen molar-refractivity contribution in [2.45, 2.75) is 20.1 Å². The lowest BCUT2D eigenvalue weighted by Crippen LogP contribution is -2.30. The van der Waals surface area contributed by atoms with Crippen molar-refractivity contribution in [3.05, 3.63) is 0 Å². The summed E-state index contributed by atoms with van der Waals surface area (Å²) in [7, 11) is 0. The molecule has 0 fully saturated rings. The van der Waals surface area contributed by atoms with Crippen LogP contribution in [0.1, 0.15) is 13.8 Å². The third-order valence-corrected chi connectivity index (χ3v) is 0.748. The van der Waals surface area contributed by atoms with Gasteiger partial charge in [0.25, 0.3) is 0 Å². The number of hydrogen-bond acceptors (Lipinski definition) is 5. The number of rotatable bonds is 3. The standard InChI is InChI=1S/C6H8O6/c1-3(7)11-6(5(9)10)12-4(2)8/h6H,1-2H3,(H,9,10). The van der Waals surface area contributed by atoms with Gasteiger partial charge in [-0.25, -0.2) is 4.79 Å². The van der Waals surface area contributed by atoms with Crippen molar-refractivity contribution in [2.75, 3.05) is 0 Å². The Morgan fingerprint density at radius 2 is 1.42 bits per heavy atom. The summed E-state index contributed by atoms with van der Waals surface area (Å²) >= 11 is 0. The van der Waals surface area contributed by atoms with E-state index in [2.05, 4.69) is 9.47 Å². The molecule has 0 aliphatic heterocycles. The van der Waals surface area contributed by atoms with Crippen molar-refractivity contribution in [3.8, 4) is 0 Å². The van der Waals surface area contributed by atoms with Crippen LogP contribution in [-0.2, 0) is 23.9 Å². The maximum atomic E-state index is 10.3. The minimum absolute atomic E-state index is 0.830. The average Bonchev–Trinajstić information content (AvgIpc) is 1.83. The summed E-state index contributed by atoms with van der Waals surface area (Å²) in [6.07, 6.45) is -1.85. The van der Waals surface area contributed by atoms with E-state index in [1.807, 2.05) is 0 Å². The number of carbonyl (C=O) groups is 3. The summed E-state index contributed by atoms with van der Waals surface area (Å²) in [5, 5.41) is 8.32. The maximum Gasteiger partial charge on any atom is 0.387 e. The van der Waals surface area contributed by atoms with E-state index in [-0.39, 0.29) is 0 Å². The quantitative estimate of drug-likeness (QED) is 0.461. The molecule has 0 aromatic carbocycles. The average molecular weight is 176 g/mol. The lowest BCUT2D eigenvalue weighted by molar-refractivity contribution is -0.198. The summed E-state index contributed by atoms with van der Waals surface area (Å²) in [6, 6.07) is 0. The monoisotopic (exact) mass is 176 g/mol. The van der Waals surface area contributed by atoms with Gasteiger partial charge in [-0.15, -0.1) is 0 Å². The van der Waals surface area contributed by atoms with E-state index in [1.165, 1.54) is 0 Å². The highest BCUT2D eigenvalue weighted by Crippen LogP contribution is 1.96. The fraction of sp³-hybridized carbons (Fsp3) is 0.500. The predicted octanol–water partition coefficient (Wildman–Crippen LogP) is -0.477. The molecule has 0 aliphatic carbocycles. The molecule has 0 bridgehead atoms. The Labute approximate surface area is 68.1 Å². The number of carboxylic acids is 1. The topological polar surface area (TPSA) is 89.9 Å². The lowest BCUT2D eigenvalue weighted by atomic mass is 10.6. The Balaban J connectivity index is 4.14. The van der Waals surface area contributed by atoms with Gasteiger partial charge in [0.1, 0.15) is 0 Å². The van der Waals surface area contributed by atoms with Gasteiger partial charge < -0.3 is 14.6 Å². The van der Waals surface area contributed by atoms with Crippen molar-refractivity contribution >= 4 is 17.9 Å². The summed E-state index contributed by atoms with van der Waals surface area (Å²) < 4.78 is 8.28. The number of ether oxygens (including phenoxy) is 2. The first-order valence-corrected chi connectivity index (χ1v) is 3.00. The van der Waals surface area contributed by atoms with Crippen LogP contribution >= 0.6 is 0 Å². The largest absolute Gasteiger partial charge is 0.476 e. The van der Waals surface area contributed by atoms with E-state index < -0.39 is 24.2 Å². The summed E-state index contributed by atoms with van der Waals surface area (Å²) in [5.41, 5.74) is 0. The van der Waals surface area contributed by atoms with Gasteiger partial charge >= 0.3 is 24.2 Å². The molecule has 0 saturated carbocycles. The molecule has 12 heavy (non-hydrogen) atoms. The molecule has 0 rings (SSSR count). The highest BCUT2D eigenvalue weighted by Gasteiger charge is 2.23. The zero-order chi connectivity index (χ0) is 9.72. The second kappa shape index (κ2) is 4.32. The molecule has 0 aromatic rings. The van der Waals surface area contributed by atoms with E-state index >= 15 is 0 Å². The SMILES string of the molecule is CC(=O)OC(OC(C)=O)C(=O)O. The van der Waals surface area contributed by atoms with Gasteiger partial charge in [0.2, 0.25) is 0 Å². The fourth-order valence-corrected chi connectivity index (χ4v) is 0.426. The van der Waals surface area contributed by atoms with Crippen molar-refractivity contribution in [2.24, 2.45) is 0 Å². The van der Waals surface area contributed by atoms with Crippen LogP contribution < -0.4 is 0 Å². The first-order chi connectivity index (χ1) is 5.43. The summed E-state index contributed by atoms with van der Waals surface area (Å²) in [6.45, 7) is 2.03. The molecule has 0 heterocycles. The van der Waals surface area contributed by atoms with Crippen LogP contribution in [0.15, 0.2) is 0 Å². The molecule has 1 N–H and O–H groups in total. The van der Waals surface area contributed by atoms with Crippen LogP contribution in [0.3, 0.4) is 0 Å². The number of aliphatic carboxylic acids is 1. The van der Waals surface area contributed by atoms with Crippen LogP contribution in [-0.4, -0.2) is 29.3 Å². The van der Waals surface area contributed by atoms with Crippen LogP contribution in [0.2, 0.25) is 0 Å². The van der Waals surface area contributed by atoms with E-state index in [0.29, 0.717) is 0 Å². The Hall–Kier alpha value is -1.59. The fourth-order valence-electron chi connectivity index (χ4n) is 0.426. The third-order valence-electron chi connectivity index (χ3n) is 0.748. The number of hydrogen-bond donors (Lipinski definition) is 1. The molecule has 0 unspecified atom stereocenters. The highest BCUT2D eigenvalue weighted by molar-refractivity contribution is 5.78. The van der Waals surface area contributed by atoms with Crippen LogP contribution in [0, 0.1) is 0 Å². The van der Waals surface area contributed by atoms with E-state index in [9.17, 15) is 14.4 Å². The molecular weight excluding hydrogens is 168 g/mol. The molecule has 0 amide bonds. The summed E-state index contributed by atoms with van der Waals surface area (Å²) in [5.74, 6) is -3.19. The normalized spacial score (nSPS) is 9.25. The number of carbonyl (C=O) groups excluding carboxylic acids is 2. The molecule has 0 saturated heterocycles. The molecule has 0 spiro atoms. The van der Waals surface area contributed by atoms with Gasteiger partial charge in [-0.1, -0.05) is 0 Å². The number of esters is 2. The van der Waals surface area contributed by atoms with Crippen molar-refractivity contribution in [1.29, 1.82) is 0 Å². The van der Waals surface area contributed by atoms with E-state index in [1.54, 1.807) is 0 Å². The molecule has 6 nitrogen and oxygen atoms in total. The first-order valence-electron chi connectivity index (χ1n) is 3.00. The molecule has 68 valence electrons. The Morgan fingerprint density at radius 1 is 1.08 bits per heavy atom. The zero-order valence-corrected chi connectivity index (χ0v) is 6.57. The van der Waals surface area contributed by atoms with Gasteiger partial charge in [-0.2, -0.15) is 0 Å². The van der Waals surface area contributed by atoms with Crippen LogP contribution in [0.25, 0.3) is 0 Å². The predicted molar refractivity (Wildman–Crippen MR) is 35.0 cm³/mol. The molecular formula is C6H8O6. The van der Waals surface area contributed by atoms with Gasteiger partial charge in [0.05, 0.1) is 0 Å². The van der Waals surface area contributed by atoms with E-state index in [0.717, 1.165) is 13.8 Å². The maximum absolute atomic E-state index is 10.3. The molecule has 0 aromatic heterocycles. The Bertz CT molecular complexity index is 192. The lowest BCUT2D eigenvalue weighted by Gasteiger charge is -2.10. The second-order valence-corrected chi connectivity index (χ2v) is 1.89. The van der Waals surface area contributed by atoms with Crippen LogP contribution in [0.4, 0.5) is 0 Å². The van der Waals surface area contributed by atoms with Crippen molar-refractivity contribution < 1.29 is 29.0 Å². The minimum atomic E-state index is -1.85. The highest BCUT2D eigenvalue weighted by atomic mass is 16.7. The summed E-state index contributed by atoms with van der Waals surface area (Å²) in [4.78, 5) is 30.7. The van der Waals surface area contributed by atoms with Gasteiger partial charge in [-0.05, 0) is 0 Å². The molecule has 6 heteroatoms.